The number of carbonyl (C=O) groups is 2. The van der Waals surface area contributed by atoms with Crippen LogP contribution in [0.1, 0.15) is 74.1 Å². The van der Waals surface area contributed by atoms with E-state index in [0.29, 0.717) is 45.8 Å². The van der Waals surface area contributed by atoms with Crippen LogP contribution in [0.15, 0.2) is 0 Å². The lowest BCUT2D eigenvalue weighted by Gasteiger charge is -2.23. The van der Waals surface area contributed by atoms with Crippen molar-refractivity contribution in [3.05, 3.63) is 0 Å². The molecule has 1 unspecified atom stereocenters. The summed E-state index contributed by atoms with van der Waals surface area (Å²) in [6.07, 6.45) is 2.73. The summed E-state index contributed by atoms with van der Waals surface area (Å²) in [5.74, 6) is -0.0525. The van der Waals surface area contributed by atoms with Gasteiger partial charge in [0.1, 0.15) is 0 Å². The topological polar surface area (TPSA) is 76.7 Å². The molecule has 0 rings (SSSR count). The van der Waals surface area contributed by atoms with Gasteiger partial charge >= 0.3 is 0 Å². The molecule has 0 aliphatic carbocycles. The van der Waals surface area contributed by atoms with Gasteiger partial charge in [0, 0.05) is 26.1 Å². The molecule has 0 heterocycles. The first kappa shape index (κ1) is 27.1. The Bertz CT molecular complexity index is 360. The molecule has 0 aromatic carbocycles. The Balaban J connectivity index is 0. The van der Waals surface area contributed by atoms with Crippen molar-refractivity contribution in [2.45, 2.75) is 80.3 Å². The maximum atomic E-state index is 11.8. The molecule has 2 N–H and O–H groups in total. The van der Waals surface area contributed by atoms with Crippen LogP contribution in [0.2, 0.25) is 0 Å². The number of ether oxygens (including phenoxy) is 2. The number of hydrogen-bond acceptors (Lipinski definition) is 4. The molecule has 0 aromatic heterocycles. The minimum absolute atomic E-state index is 0.0150. The van der Waals surface area contributed by atoms with Crippen molar-refractivity contribution in [3.8, 4) is 0 Å². The summed E-state index contributed by atoms with van der Waals surface area (Å²) < 4.78 is 11.0. The Kier molecular flexibility index (Phi) is 18.0. The summed E-state index contributed by atoms with van der Waals surface area (Å²) in [5.41, 5.74) is 0.285. The van der Waals surface area contributed by atoms with Gasteiger partial charge in [-0.15, -0.1) is 0 Å². The smallest absolute Gasteiger partial charge is 0.222 e. The van der Waals surface area contributed by atoms with Crippen LogP contribution in [0.5, 0.6) is 0 Å². The van der Waals surface area contributed by atoms with Gasteiger partial charge in [-0.25, -0.2) is 0 Å². The van der Waals surface area contributed by atoms with E-state index < -0.39 is 0 Å². The van der Waals surface area contributed by atoms with Crippen LogP contribution >= 0.6 is 0 Å². The van der Waals surface area contributed by atoms with E-state index in [-0.39, 0.29) is 23.3 Å². The summed E-state index contributed by atoms with van der Waals surface area (Å²) >= 11 is 0. The first-order valence-electron chi connectivity index (χ1n) is 10.0. The predicted octanol–water partition coefficient (Wildman–Crippen LogP) is 3.29. The minimum Gasteiger partial charge on any atom is -0.379 e. The lowest BCUT2D eigenvalue weighted by atomic mass is 9.87. The maximum Gasteiger partial charge on any atom is 0.222 e. The fourth-order valence-electron chi connectivity index (χ4n) is 1.92. The Hall–Kier alpha value is -1.14. The van der Waals surface area contributed by atoms with Crippen molar-refractivity contribution < 1.29 is 19.1 Å². The minimum atomic E-state index is -0.0867. The molecule has 0 saturated carbocycles. The molecule has 0 fully saturated rings. The quantitative estimate of drug-likeness (QED) is 0.457. The van der Waals surface area contributed by atoms with E-state index in [1.54, 1.807) is 0 Å². The van der Waals surface area contributed by atoms with Gasteiger partial charge in [-0.05, 0) is 25.7 Å². The monoisotopic (exact) mass is 374 g/mol. The zero-order valence-electron chi connectivity index (χ0n) is 18.1. The summed E-state index contributed by atoms with van der Waals surface area (Å²) in [6, 6.07) is 0. The predicted molar refractivity (Wildman–Crippen MR) is 107 cm³/mol. The second-order valence-corrected chi connectivity index (χ2v) is 6.82. The Morgan fingerprint density at radius 1 is 1.00 bits per heavy atom. The SMILES string of the molecule is CC.CCNC(=O)CCOCCNC(=O)CC(C)OCCC(C)(C)CC. The second-order valence-electron chi connectivity index (χ2n) is 6.82. The molecule has 6 heteroatoms. The lowest BCUT2D eigenvalue weighted by Crippen LogP contribution is -2.31. The largest absolute Gasteiger partial charge is 0.379 e. The van der Waals surface area contributed by atoms with Gasteiger partial charge in [0.05, 0.1) is 25.7 Å². The third-order valence-corrected chi connectivity index (χ3v) is 4.03. The molecule has 1 atom stereocenters. The number of rotatable bonds is 14. The average Bonchev–Trinajstić information content (AvgIpc) is 2.59. The number of nitrogens with one attached hydrogen (secondary N) is 2. The van der Waals surface area contributed by atoms with Crippen molar-refractivity contribution in [1.82, 2.24) is 10.6 Å². The van der Waals surface area contributed by atoms with E-state index in [1.165, 1.54) is 0 Å². The Labute approximate surface area is 160 Å². The molecule has 6 nitrogen and oxygen atoms in total. The maximum absolute atomic E-state index is 11.8. The highest BCUT2D eigenvalue weighted by atomic mass is 16.5. The fourth-order valence-corrected chi connectivity index (χ4v) is 1.92. The highest BCUT2D eigenvalue weighted by Crippen LogP contribution is 2.24. The summed E-state index contributed by atoms with van der Waals surface area (Å²) in [7, 11) is 0. The molecule has 26 heavy (non-hydrogen) atoms. The van der Waals surface area contributed by atoms with Gasteiger partial charge in [-0.3, -0.25) is 9.59 Å². The first-order chi connectivity index (χ1) is 12.3. The molecule has 0 saturated heterocycles. The van der Waals surface area contributed by atoms with Gasteiger partial charge in [0.25, 0.3) is 0 Å². The lowest BCUT2D eigenvalue weighted by molar-refractivity contribution is -0.125. The van der Waals surface area contributed by atoms with Gasteiger partial charge in [0.2, 0.25) is 11.8 Å². The molecule has 0 bridgehead atoms. The summed E-state index contributed by atoms with van der Waals surface area (Å²) in [4.78, 5) is 23.0. The Morgan fingerprint density at radius 3 is 2.23 bits per heavy atom. The van der Waals surface area contributed by atoms with E-state index >= 15 is 0 Å². The molecular formula is C20H42N2O4. The molecule has 0 radical (unpaired) electrons. The molecule has 0 spiro atoms. The van der Waals surface area contributed by atoms with Crippen LogP contribution in [-0.2, 0) is 19.1 Å². The van der Waals surface area contributed by atoms with Crippen molar-refractivity contribution >= 4 is 11.8 Å². The molecule has 2 amide bonds. The zero-order chi connectivity index (χ0) is 20.4. The average molecular weight is 375 g/mol. The van der Waals surface area contributed by atoms with Gasteiger partial charge in [-0.2, -0.15) is 0 Å². The first-order valence-corrected chi connectivity index (χ1v) is 10.0. The van der Waals surface area contributed by atoms with Crippen LogP contribution < -0.4 is 10.6 Å². The second kappa shape index (κ2) is 17.3. The summed E-state index contributed by atoms with van der Waals surface area (Å²) in [5, 5.41) is 5.50. The highest BCUT2D eigenvalue weighted by molar-refractivity contribution is 5.76. The number of amides is 2. The number of hydrogen-bond donors (Lipinski definition) is 2. The fraction of sp³-hybridized carbons (Fsp3) is 0.900. The van der Waals surface area contributed by atoms with E-state index in [9.17, 15) is 9.59 Å². The van der Waals surface area contributed by atoms with Crippen LogP contribution in [0, 0.1) is 5.41 Å². The molecule has 0 aliphatic rings. The van der Waals surface area contributed by atoms with E-state index in [0.717, 1.165) is 12.8 Å². The standard InChI is InChI=1S/C18H36N2O4.C2H6/c1-6-18(4,5)9-12-24-15(3)14-17(22)20-10-13-23-11-8-16(21)19-7-2;1-2/h15H,6-14H2,1-5H3,(H,19,21)(H,20,22);1-2H3. The van der Waals surface area contributed by atoms with Crippen molar-refractivity contribution in [3.63, 3.8) is 0 Å². The van der Waals surface area contributed by atoms with Crippen molar-refractivity contribution in [2.24, 2.45) is 5.41 Å². The van der Waals surface area contributed by atoms with Gasteiger partial charge in [-0.1, -0.05) is 41.0 Å². The number of carbonyl (C=O) groups excluding carboxylic acids is 2. The molecule has 0 aromatic rings. The van der Waals surface area contributed by atoms with Crippen LogP contribution in [0.3, 0.4) is 0 Å². The molecular weight excluding hydrogens is 332 g/mol. The molecule has 156 valence electrons. The van der Waals surface area contributed by atoms with Crippen LogP contribution in [-0.4, -0.2) is 50.8 Å². The van der Waals surface area contributed by atoms with Gasteiger partial charge in [0.15, 0.2) is 0 Å². The summed E-state index contributed by atoms with van der Waals surface area (Å²) in [6.45, 7) is 17.0. The third-order valence-electron chi connectivity index (χ3n) is 4.03. The van der Waals surface area contributed by atoms with E-state index in [2.05, 4.69) is 31.4 Å². The van der Waals surface area contributed by atoms with Crippen molar-refractivity contribution in [2.75, 3.05) is 32.9 Å². The normalized spacial score (nSPS) is 12.0. The van der Waals surface area contributed by atoms with E-state index in [4.69, 9.17) is 9.47 Å². The van der Waals surface area contributed by atoms with Crippen LogP contribution in [0.25, 0.3) is 0 Å². The van der Waals surface area contributed by atoms with Crippen LogP contribution in [0.4, 0.5) is 0 Å². The highest BCUT2D eigenvalue weighted by Gasteiger charge is 2.16. The zero-order valence-corrected chi connectivity index (χ0v) is 18.1. The van der Waals surface area contributed by atoms with Crippen molar-refractivity contribution in [1.29, 1.82) is 0 Å². The molecule has 0 aliphatic heterocycles. The Morgan fingerprint density at radius 2 is 1.65 bits per heavy atom. The van der Waals surface area contributed by atoms with E-state index in [1.807, 2.05) is 27.7 Å². The van der Waals surface area contributed by atoms with Gasteiger partial charge < -0.3 is 20.1 Å². The third kappa shape index (κ3) is 17.7.